The monoisotopic (exact) mass is 418 g/mol. The van der Waals surface area contributed by atoms with Gasteiger partial charge in [0.05, 0.1) is 6.10 Å². The molecule has 30 heavy (non-hydrogen) atoms. The highest BCUT2D eigenvalue weighted by Crippen LogP contribution is 2.68. The maximum absolute atomic E-state index is 10.2. The quantitative estimate of drug-likeness (QED) is 0.277. The van der Waals surface area contributed by atoms with Crippen molar-refractivity contribution in [3.63, 3.8) is 0 Å². The van der Waals surface area contributed by atoms with Crippen molar-refractivity contribution in [1.29, 1.82) is 0 Å². The highest BCUT2D eigenvalue weighted by Gasteiger charge is 2.61. The van der Waals surface area contributed by atoms with E-state index >= 15 is 0 Å². The summed E-state index contributed by atoms with van der Waals surface area (Å²) in [6.45, 7) is 11.8. The maximum Gasteiger partial charge on any atom is 0.104 e. The normalized spacial score (nSPS) is 45.3. The summed E-state index contributed by atoms with van der Waals surface area (Å²) in [4.78, 5) is 5.33. The van der Waals surface area contributed by atoms with Crippen molar-refractivity contribution < 1.29 is 15.3 Å². The Morgan fingerprint density at radius 2 is 1.90 bits per heavy atom. The second-order valence-electron chi connectivity index (χ2n) is 12.5. The van der Waals surface area contributed by atoms with Gasteiger partial charge in [0, 0.05) is 0 Å². The Balaban J connectivity index is 1.55. The lowest BCUT2D eigenvalue weighted by Gasteiger charge is -2.59. The molecule has 0 amide bonds. The minimum absolute atomic E-state index is 0.126. The zero-order valence-electron chi connectivity index (χ0n) is 20.1. The van der Waals surface area contributed by atoms with Crippen LogP contribution in [-0.2, 0) is 4.89 Å². The van der Waals surface area contributed by atoms with Crippen LogP contribution >= 0.6 is 0 Å². The molecule has 0 aromatic rings. The third-order valence-corrected chi connectivity index (χ3v) is 10.5. The van der Waals surface area contributed by atoms with Crippen molar-refractivity contribution in [3.05, 3.63) is 11.6 Å². The average Bonchev–Trinajstić information content (AvgIpc) is 3.06. The summed E-state index contributed by atoms with van der Waals surface area (Å²) in [6.07, 6.45) is 14.9. The summed E-state index contributed by atoms with van der Waals surface area (Å²) < 4.78 is 0. The molecule has 8 atom stereocenters. The van der Waals surface area contributed by atoms with Crippen LogP contribution in [0.25, 0.3) is 0 Å². The number of aliphatic hydroxyl groups is 1. The molecule has 4 aliphatic carbocycles. The average molecular weight is 419 g/mol. The Morgan fingerprint density at radius 3 is 2.60 bits per heavy atom. The van der Waals surface area contributed by atoms with Gasteiger partial charge in [-0.2, -0.15) is 0 Å². The van der Waals surface area contributed by atoms with Crippen LogP contribution in [0.4, 0.5) is 0 Å². The van der Waals surface area contributed by atoms with Gasteiger partial charge < -0.3 is 5.11 Å². The van der Waals surface area contributed by atoms with Gasteiger partial charge in [0.25, 0.3) is 0 Å². The molecule has 0 spiro atoms. The Bertz CT molecular complexity index is 656. The number of hydrogen-bond acceptors (Lipinski definition) is 3. The molecule has 3 nitrogen and oxygen atoms in total. The minimum Gasteiger partial charge on any atom is -0.393 e. The molecule has 0 heterocycles. The Labute approximate surface area is 184 Å². The molecule has 3 heteroatoms. The van der Waals surface area contributed by atoms with E-state index in [0.717, 1.165) is 49.9 Å². The number of fused-ring (bicyclic) bond motifs is 5. The van der Waals surface area contributed by atoms with E-state index in [1.54, 1.807) is 5.57 Å². The lowest BCUT2D eigenvalue weighted by atomic mass is 9.46. The summed E-state index contributed by atoms with van der Waals surface area (Å²) in [5, 5.41) is 20.3. The molecular formula is C27H46O3. The predicted molar refractivity (Wildman–Crippen MR) is 122 cm³/mol. The Hall–Kier alpha value is -0.380. The molecule has 172 valence electrons. The summed E-state index contributed by atoms with van der Waals surface area (Å²) in [5.74, 6) is 3.41. The van der Waals surface area contributed by atoms with E-state index in [0.29, 0.717) is 17.3 Å². The zero-order valence-corrected chi connectivity index (χ0v) is 20.1. The summed E-state index contributed by atoms with van der Waals surface area (Å²) in [6, 6.07) is 0. The standard InChI is InChI=1S/C27H46O3/c1-18(2)7-6-14-27(5,30-29)24-11-10-22-21-9-8-19-17-20(28)12-15-25(19,3)23(21)13-16-26(22,24)4/h8,18,20-24,28-29H,6-7,9-17H2,1-5H3/t20?,21-,22-,23-,24-,25-,26-,27+/m0/s1. The van der Waals surface area contributed by atoms with Crippen LogP contribution < -0.4 is 0 Å². The Kier molecular flexibility index (Phi) is 6.23. The second-order valence-corrected chi connectivity index (χ2v) is 12.5. The van der Waals surface area contributed by atoms with Crippen LogP contribution in [0.2, 0.25) is 0 Å². The SMILES string of the molecule is CC(C)CCC[C@@](C)(OO)[C@H]1CC[C@H]2[C@@H]3CC=C4CC(O)CC[C@]4(C)[C@H]3CC[C@@]21C. The second kappa shape index (κ2) is 8.19. The van der Waals surface area contributed by atoms with Crippen LogP contribution in [0.15, 0.2) is 11.6 Å². The molecule has 0 aromatic heterocycles. The van der Waals surface area contributed by atoms with Gasteiger partial charge >= 0.3 is 0 Å². The molecule has 0 aromatic carbocycles. The fourth-order valence-electron chi connectivity index (χ4n) is 8.79. The van der Waals surface area contributed by atoms with Crippen molar-refractivity contribution in [1.82, 2.24) is 0 Å². The zero-order chi connectivity index (χ0) is 21.7. The van der Waals surface area contributed by atoms with E-state index in [4.69, 9.17) is 4.89 Å². The molecule has 1 unspecified atom stereocenters. The van der Waals surface area contributed by atoms with Gasteiger partial charge in [0.1, 0.15) is 5.60 Å². The number of aliphatic hydroxyl groups excluding tert-OH is 1. The Morgan fingerprint density at radius 1 is 1.13 bits per heavy atom. The molecular weight excluding hydrogens is 372 g/mol. The van der Waals surface area contributed by atoms with E-state index in [1.807, 2.05) is 0 Å². The van der Waals surface area contributed by atoms with Crippen molar-refractivity contribution in [3.8, 4) is 0 Å². The first-order valence-corrected chi connectivity index (χ1v) is 12.8. The molecule has 0 aliphatic heterocycles. The van der Waals surface area contributed by atoms with E-state index in [9.17, 15) is 10.4 Å². The minimum atomic E-state index is -0.417. The highest BCUT2D eigenvalue weighted by atomic mass is 17.1. The van der Waals surface area contributed by atoms with Crippen LogP contribution in [0, 0.1) is 40.4 Å². The summed E-state index contributed by atoms with van der Waals surface area (Å²) >= 11 is 0. The largest absolute Gasteiger partial charge is 0.393 e. The van der Waals surface area contributed by atoms with E-state index in [-0.39, 0.29) is 11.5 Å². The van der Waals surface area contributed by atoms with Crippen LogP contribution in [-0.4, -0.2) is 22.1 Å². The van der Waals surface area contributed by atoms with Gasteiger partial charge in [-0.05, 0) is 105 Å². The predicted octanol–water partition coefficient (Wildman–Crippen LogP) is 7.00. The number of allylic oxidation sites excluding steroid dienone is 1. The third-order valence-electron chi connectivity index (χ3n) is 10.5. The fourth-order valence-corrected chi connectivity index (χ4v) is 8.79. The third kappa shape index (κ3) is 3.61. The lowest BCUT2D eigenvalue weighted by Crippen LogP contribution is -2.53. The van der Waals surface area contributed by atoms with Gasteiger partial charge in [0.2, 0.25) is 0 Å². The van der Waals surface area contributed by atoms with E-state index in [1.165, 1.54) is 38.5 Å². The molecule has 0 saturated heterocycles. The smallest absolute Gasteiger partial charge is 0.104 e. The van der Waals surface area contributed by atoms with Crippen LogP contribution in [0.1, 0.15) is 105 Å². The topological polar surface area (TPSA) is 49.7 Å². The maximum atomic E-state index is 10.2. The van der Waals surface area contributed by atoms with E-state index in [2.05, 4.69) is 40.7 Å². The first kappa shape index (κ1) is 22.8. The van der Waals surface area contributed by atoms with Crippen molar-refractivity contribution in [2.45, 2.75) is 117 Å². The summed E-state index contributed by atoms with van der Waals surface area (Å²) in [5.41, 5.74) is 1.71. The van der Waals surface area contributed by atoms with Crippen LogP contribution in [0.3, 0.4) is 0 Å². The van der Waals surface area contributed by atoms with Gasteiger partial charge in [-0.25, -0.2) is 4.89 Å². The van der Waals surface area contributed by atoms with Crippen molar-refractivity contribution in [2.75, 3.05) is 0 Å². The van der Waals surface area contributed by atoms with Crippen molar-refractivity contribution in [2.24, 2.45) is 40.4 Å². The highest BCUT2D eigenvalue weighted by molar-refractivity contribution is 5.25. The van der Waals surface area contributed by atoms with Gasteiger partial charge in [-0.1, -0.05) is 52.2 Å². The number of rotatable bonds is 6. The molecule has 4 rings (SSSR count). The van der Waals surface area contributed by atoms with E-state index < -0.39 is 5.60 Å². The molecule has 4 aliphatic rings. The first-order chi connectivity index (χ1) is 14.1. The first-order valence-electron chi connectivity index (χ1n) is 12.8. The van der Waals surface area contributed by atoms with Crippen molar-refractivity contribution >= 4 is 0 Å². The molecule has 0 radical (unpaired) electrons. The fraction of sp³-hybridized carbons (Fsp3) is 0.926. The van der Waals surface area contributed by atoms with Crippen LogP contribution in [0.5, 0.6) is 0 Å². The number of hydrogen-bond donors (Lipinski definition) is 2. The van der Waals surface area contributed by atoms with Gasteiger partial charge in [-0.3, -0.25) is 5.26 Å². The molecule has 3 fully saturated rings. The van der Waals surface area contributed by atoms with Gasteiger partial charge in [0.15, 0.2) is 0 Å². The van der Waals surface area contributed by atoms with Gasteiger partial charge in [-0.15, -0.1) is 0 Å². The lowest BCUT2D eigenvalue weighted by molar-refractivity contribution is -0.343. The molecule has 2 N–H and O–H groups in total. The molecule has 3 saturated carbocycles. The summed E-state index contributed by atoms with van der Waals surface area (Å²) in [7, 11) is 0. The molecule has 0 bridgehead atoms.